The van der Waals surface area contributed by atoms with Gasteiger partial charge in [-0.15, -0.1) is 0 Å². The van der Waals surface area contributed by atoms with Crippen LogP contribution in [0.1, 0.15) is 36.3 Å². The number of fused-ring (bicyclic) bond motifs is 1. The van der Waals surface area contributed by atoms with Crippen LogP contribution in [-0.4, -0.2) is 35.3 Å². The third kappa shape index (κ3) is 1.86. The molecule has 4 nitrogen and oxygen atoms in total. The molecule has 2 amide bonds. The quantitative estimate of drug-likeness (QED) is 0.837. The molecule has 0 radical (unpaired) electrons. The first-order valence-corrected chi connectivity index (χ1v) is 7.41. The van der Waals surface area contributed by atoms with Crippen LogP contribution < -0.4 is 5.32 Å². The molecule has 0 bridgehead atoms. The Morgan fingerprint density at radius 1 is 1.15 bits per heavy atom. The summed E-state index contributed by atoms with van der Waals surface area (Å²) in [7, 11) is 0. The van der Waals surface area contributed by atoms with Crippen molar-refractivity contribution in [3.63, 3.8) is 0 Å². The topological polar surface area (TPSA) is 49.4 Å². The zero-order chi connectivity index (χ0) is 13.7. The van der Waals surface area contributed by atoms with Crippen LogP contribution in [0.5, 0.6) is 0 Å². The molecule has 4 heteroatoms. The first kappa shape index (κ1) is 12.1. The fourth-order valence-corrected chi connectivity index (χ4v) is 3.36. The van der Waals surface area contributed by atoms with Crippen LogP contribution in [0.3, 0.4) is 0 Å². The first-order valence-electron chi connectivity index (χ1n) is 7.41. The number of amides is 2. The van der Waals surface area contributed by atoms with Crippen LogP contribution in [0.15, 0.2) is 24.3 Å². The number of rotatable bonds is 4. The number of hydrogen-bond donors (Lipinski definition) is 1. The van der Waals surface area contributed by atoms with Gasteiger partial charge in [0, 0.05) is 18.5 Å². The van der Waals surface area contributed by atoms with Crippen molar-refractivity contribution < 1.29 is 9.59 Å². The van der Waals surface area contributed by atoms with Crippen molar-refractivity contribution in [3.8, 4) is 0 Å². The number of carbonyl (C=O) groups excluding carboxylic acids is 2. The highest BCUT2D eigenvalue weighted by Crippen LogP contribution is 2.35. The van der Waals surface area contributed by atoms with Crippen LogP contribution >= 0.6 is 0 Å². The molecular weight excluding hydrogens is 252 g/mol. The number of carbonyl (C=O) groups is 2. The van der Waals surface area contributed by atoms with Gasteiger partial charge < -0.3 is 5.32 Å². The molecule has 4 rings (SSSR count). The van der Waals surface area contributed by atoms with Gasteiger partial charge in [-0.25, -0.2) is 0 Å². The largest absolute Gasteiger partial charge is 0.305 e. The Labute approximate surface area is 118 Å². The van der Waals surface area contributed by atoms with Gasteiger partial charge in [0.1, 0.15) is 0 Å². The minimum atomic E-state index is -0.295. The number of hydrogen-bond acceptors (Lipinski definition) is 3. The van der Waals surface area contributed by atoms with Gasteiger partial charge in [0.15, 0.2) is 0 Å². The third-order valence-corrected chi connectivity index (χ3v) is 4.67. The summed E-state index contributed by atoms with van der Waals surface area (Å²) < 4.78 is 0. The maximum Gasteiger partial charge on any atom is 0.247 e. The second-order valence-corrected chi connectivity index (χ2v) is 6.10. The second-order valence-electron chi connectivity index (χ2n) is 6.10. The Kier molecular flexibility index (Phi) is 2.67. The molecular formula is C16H18N2O2. The van der Waals surface area contributed by atoms with E-state index in [1.807, 2.05) is 0 Å². The van der Waals surface area contributed by atoms with Gasteiger partial charge >= 0.3 is 0 Å². The van der Waals surface area contributed by atoms with E-state index in [1.54, 1.807) is 0 Å². The molecule has 2 unspecified atom stereocenters. The number of nitrogens with one attached hydrogen (secondary N) is 1. The van der Waals surface area contributed by atoms with Gasteiger partial charge in [-0.2, -0.15) is 0 Å². The lowest BCUT2D eigenvalue weighted by Crippen LogP contribution is -2.42. The van der Waals surface area contributed by atoms with Crippen molar-refractivity contribution in [2.24, 2.45) is 0 Å². The molecule has 0 spiro atoms. The summed E-state index contributed by atoms with van der Waals surface area (Å²) in [4.78, 5) is 25.6. The highest BCUT2D eigenvalue weighted by atomic mass is 16.2. The fraction of sp³-hybridized carbons (Fsp3) is 0.500. The van der Waals surface area contributed by atoms with Crippen molar-refractivity contribution in [2.45, 2.75) is 43.7 Å². The van der Waals surface area contributed by atoms with Crippen molar-refractivity contribution in [1.82, 2.24) is 10.2 Å². The second kappa shape index (κ2) is 4.42. The molecule has 1 aromatic rings. The summed E-state index contributed by atoms with van der Waals surface area (Å²) in [6.45, 7) is 0.791. The lowest BCUT2D eigenvalue weighted by Gasteiger charge is -2.31. The van der Waals surface area contributed by atoms with Crippen molar-refractivity contribution >= 4 is 11.8 Å². The van der Waals surface area contributed by atoms with E-state index in [0.717, 1.165) is 25.8 Å². The van der Waals surface area contributed by atoms with Crippen LogP contribution in [0.4, 0.5) is 0 Å². The smallest absolute Gasteiger partial charge is 0.247 e. The molecule has 2 fully saturated rings. The number of likely N-dealkylation sites (tertiary alicyclic amines) is 1. The molecule has 104 valence electrons. The summed E-state index contributed by atoms with van der Waals surface area (Å²) >= 11 is 0. The lowest BCUT2D eigenvalue weighted by molar-refractivity contribution is -0.139. The maximum absolute atomic E-state index is 12.2. The normalized spacial score (nSPS) is 28.5. The van der Waals surface area contributed by atoms with E-state index in [0.29, 0.717) is 12.3 Å². The molecule has 2 aliphatic carbocycles. The Morgan fingerprint density at radius 3 is 2.70 bits per heavy atom. The van der Waals surface area contributed by atoms with Crippen molar-refractivity contribution in [1.29, 1.82) is 0 Å². The molecule has 1 aliphatic heterocycles. The number of nitrogens with zero attached hydrogens (tertiary/aromatic N) is 1. The Hall–Kier alpha value is -1.68. The summed E-state index contributed by atoms with van der Waals surface area (Å²) in [6, 6.07) is 8.34. The van der Waals surface area contributed by atoms with Gasteiger partial charge in [0.05, 0.1) is 12.5 Å². The molecule has 1 heterocycles. The summed E-state index contributed by atoms with van der Waals surface area (Å²) in [6.07, 6.45) is 3.38. The van der Waals surface area contributed by atoms with Gasteiger partial charge in [0.25, 0.3) is 0 Å². The van der Waals surface area contributed by atoms with E-state index >= 15 is 0 Å². The van der Waals surface area contributed by atoms with E-state index in [1.165, 1.54) is 16.0 Å². The van der Waals surface area contributed by atoms with Crippen LogP contribution in [0.2, 0.25) is 0 Å². The SMILES string of the molecule is O=C1CC(NCC2Cc3ccccc32)C(=O)N1C1CC1. The lowest BCUT2D eigenvalue weighted by atomic mass is 9.77. The minimum absolute atomic E-state index is 0.00371. The summed E-state index contributed by atoms with van der Waals surface area (Å²) in [5.74, 6) is 0.484. The molecule has 0 aromatic heterocycles. The number of imide groups is 1. The van der Waals surface area contributed by atoms with E-state index in [9.17, 15) is 9.59 Å². The molecule has 3 aliphatic rings. The molecule has 2 atom stereocenters. The highest BCUT2D eigenvalue weighted by Gasteiger charge is 2.46. The number of benzene rings is 1. The van der Waals surface area contributed by atoms with E-state index < -0.39 is 0 Å². The van der Waals surface area contributed by atoms with E-state index in [2.05, 4.69) is 29.6 Å². The van der Waals surface area contributed by atoms with E-state index in [4.69, 9.17) is 0 Å². The summed E-state index contributed by atoms with van der Waals surface area (Å²) in [5.41, 5.74) is 2.79. The van der Waals surface area contributed by atoms with Crippen molar-refractivity contribution in [3.05, 3.63) is 35.4 Å². The zero-order valence-corrected chi connectivity index (χ0v) is 11.3. The monoisotopic (exact) mass is 270 g/mol. The summed E-state index contributed by atoms with van der Waals surface area (Å²) in [5, 5.41) is 3.31. The van der Waals surface area contributed by atoms with Crippen LogP contribution in [0.25, 0.3) is 0 Å². The van der Waals surface area contributed by atoms with Gasteiger partial charge in [-0.05, 0) is 30.4 Å². The Bertz CT molecular complexity index is 580. The minimum Gasteiger partial charge on any atom is -0.305 e. The van der Waals surface area contributed by atoms with Gasteiger partial charge in [-0.3, -0.25) is 14.5 Å². The first-order chi connectivity index (χ1) is 9.74. The Morgan fingerprint density at radius 2 is 1.95 bits per heavy atom. The molecule has 1 aromatic carbocycles. The standard InChI is InChI=1S/C16H18N2O2/c19-15-8-14(16(20)18(15)12-5-6-12)17-9-11-7-10-3-1-2-4-13(10)11/h1-4,11-12,14,17H,5-9H2. The average Bonchev–Trinajstić information content (AvgIpc) is 3.19. The molecule has 20 heavy (non-hydrogen) atoms. The maximum atomic E-state index is 12.2. The Balaban J connectivity index is 1.37. The van der Waals surface area contributed by atoms with E-state index in [-0.39, 0.29) is 23.9 Å². The third-order valence-electron chi connectivity index (χ3n) is 4.67. The zero-order valence-electron chi connectivity index (χ0n) is 11.3. The predicted molar refractivity (Wildman–Crippen MR) is 74.2 cm³/mol. The molecule has 1 saturated carbocycles. The van der Waals surface area contributed by atoms with Crippen LogP contribution in [-0.2, 0) is 16.0 Å². The van der Waals surface area contributed by atoms with Gasteiger partial charge in [0.2, 0.25) is 11.8 Å². The fourth-order valence-electron chi connectivity index (χ4n) is 3.36. The van der Waals surface area contributed by atoms with Crippen molar-refractivity contribution in [2.75, 3.05) is 6.54 Å². The van der Waals surface area contributed by atoms with Crippen LogP contribution in [0, 0.1) is 0 Å². The predicted octanol–water partition coefficient (Wildman–Crippen LogP) is 1.21. The van der Waals surface area contributed by atoms with Gasteiger partial charge in [-0.1, -0.05) is 24.3 Å². The highest BCUT2D eigenvalue weighted by molar-refractivity contribution is 6.06. The molecule has 1 N–H and O–H groups in total. The molecule has 1 saturated heterocycles. The average molecular weight is 270 g/mol.